The van der Waals surface area contributed by atoms with Crippen molar-refractivity contribution < 1.29 is 22.2 Å². The molecule has 0 spiro atoms. The molecule has 156 valence electrons. The maximum atomic E-state index is 12.8. The van der Waals surface area contributed by atoms with Gasteiger partial charge < -0.3 is 9.02 Å². The first kappa shape index (κ1) is 21.5. The molecule has 3 aromatic rings. The molecule has 0 unspecified atom stereocenters. The molecule has 31 heavy (non-hydrogen) atoms. The molecule has 1 aliphatic heterocycles. The molecule has 1 aliphatic rings. The van der Waals surface area contributed by atoms with Gasteiger partial charge in [-0.15, -0.1) is 0 Å². The van der Waals surface area contributed by atoms with E-state index in [-0.39, 0.29) is 16.2 Å². The molecule has 0 aliphatic carbocycles. The summed E-state index contributed by atoms with van der Waals surface area (Å²) in [5, 5.41) is 3.88. The van der Waals surface area contributed by atoms with Gasteiger partial charge in [0.15, 0.2) is 5.75 Å². The van der Waals surface area contributed by atoms with E-state index in [2.05, 4.69) is 37.0 Å². The number of halogens is 2. The normalized spacial score (nSPS) is 15.0. The van der Waals surface area contributed by atoms with Crippen LogP contribution in [0, 0.1) is 0 Å². The monoisotopic (exact) mass is 561 g/mol. The van der Waals surface area contributed by atoms with Crippen molar-refractivity contribution in [3.05, 3.63) is 98.4 Å². The van der Waals surface area contributed by atoms with Crippen LogP contribution in [0.25, 0.3) is 6.08 Å². The Kier molecular flexibility index (Phi) is 6.08. The van der Waals surface area contributed by atoms with Gasteiger partial charge in [-0.05, 0) is 46.3 Å². The molecule has 0 amide bonds. The fraction of sp³-hybridized carbons (Fsp3) is 0. The number of rotatable bonds is 5. The van der Waals surface area contributed by atoms with E-state index in [1.54, 1.807) is 42.5 Å². The highest BCUT2D eigenvalue weighted by atomic mass is 79.9. The molecule has 0 aromatic heterocycles. The second kappa shape index (κ2) is 8.78. The Morgan fingerprint density at radius 1 is 0.935 bits per heavy atom. The van der Waals surface area contributed by atoms with Crippen molar-refractivity contribution in [3.8, 4) is 5.75 Å². The molecule has 9 heteroatoms. The summed E-state index contributed by atoms with van der Waals surface area (Å²) in [6.07, 6.45) is 1.49. The Balaban J connectivity index is 1.81. The lowest BCUT2D eigenvalue weighted by Gasteiger charge is -2.13. The van der Waals surface area contributed by atoms with Crippen molar-refractivity contribution in [1.29, 1.82) is 0 Å². The number of oxime groups is 1. The number of nitrogens with zero attached hydrogens (tertiary/aromatic N) is 1. The van der Waals surface area contributed by atoms with Gasteiger partial charge in [0, 0.05) is 15.6 Å². The summed E-state index contributed by atoms with van der Waals surface area (Å²) in [5.41, 5.74) is 1.56. The lowest BCUT2D eigenvalue weighted by Crippen LogP contribution is -2.11. The van der Waals surface area contributed by atoms with Crippen LogP contribution in [0.2, 0.25) is 0 Å². The van der Waals surface area contributed by atoms with Crippen LogP contribution in [0.1, 0.15) is 11.1 Å². The first-order valence-corrected chi connectivity index (χ1v) is 11.9. The van der Waals surface area contributed by atoms with Gasteiger partial charge in [-0.1, -0.05) is 69.6 Å². The zero-order valence-corrected chi connectivity index (χ0v) is 19.6. The lowest BCUT2D eigenvalue weighted by molar-refractivity contribution is -0.136. The van der Waals surface area contributed by atoms with E-state index in [1.165, 1.54) is 18.2 Å². The molecule has 0 saturated carbocycles. The van der Waals surface area contributed by atoms with Crippen LogP contribution < -0.4 is 4.18 Å². The van der Waals surface area contributed by atoms with E-state index in [9.17, 15) is 13.2 Å². The maximum absolute atomic E-state index is 12.8. The Morgan fingerprint density at radius 3 is 2.26 bits per heavy atom. The minimum absolute atomic E-state index is 0.00948. The Labute approximate surface area is 195 Å². The van der Waals surface area contributed by atoms with Crippen LogP contribution >= 0.6 is 31.9 Å². The second-order valence-corrected chi connectivity index (χ2v) is 9.72. The van der Waals surface area contributed by atoms with Gasteiger partial charge in [0.1, 0.15) is 10.6 Å². The number of benzene rings is 3. The molecule has 0 N–H and O–H groups in total. The zero-order valence-electron chi connectivity index (χ0n) is 15.7. The molecule has 0 fully saturated rings. The fourth-order valence-electron chi connectivity index (χ4n) is 2.89. The van der Waals surface area contributed by atoms with Crippen LogP contribution in [0.4, 0.5) is 0 Å². The van der Waals surface area contributed by atoms with Gasteiger partial charge in [0.05, 0.1) is 10.0 Å². The largest absolute Gasteiger partial charge is 0.377 e. The molecule has 3 aromatic carbocycles. The van der Waals surface area contributed by atoms with Crippen molar-refractivity contribution in [2.45, 2.75) is 4.90 Å². The van der Waals surface area contributed by atoms with Crippen molar-refractivity contribution >= 4 is 59.7 Å². The Hall–Kier alpha value is -2.75. The molecular weight excluding hydrogens is 550 g/mol. The summed E-state index contributed by atoms with van der Waals surface area (Å²) in [4.78, 5) is 17.2. The average Bonchev–Trinajstić information content (AvgIpc) is 3.12. The Morgan fingerprint density at radius 2 is 1.58 bits per heavy atom. The minimum atomic E-state index is -4.10. The third-order valence-electron chi connectivity index (χ3n) is 4.30. The molecule has 0 atom stereocenters. The number of hydrogen-bond donors (Lipinski definition) is 0. The molecule has 0 radical (unpaired) electrons. The average molecular weight is 563 g/mol. The SMILES string of the molecule is O=C1ON=C(c2ccccc2)/C1=C/c1cc(Br)cc(Br)c1OS(=O)(=O)c1ccccc1. The summed E-state index contributed by atoms with van der Waals surface area (Å²) in [5.74, 6) is -0.613. The summed E-state index contributed by atoms with van der Waals surface area (Å²) < 4.78 is 32.1. The van der Waals surface area contributed by atoms with E-state index in [4.69, 9.17) is 9.02 Å². The highest BCUT2D eigenvalue weighted by Crippen LogP contribution is 2.37. The summed E-state index contributed by atoms with van der Waals surface area (Å²) in [7, 11) is -4.10. The summed E-state index contributed by atoms with van der Waals surface area (Å²) >= 11 is 6.74. The smallest absolute Gasteiger partial charge is 0.368 e. The van der Waals surface area contributed by atoms with E-state index in [0.717, 1.165) is 0 Å². The van der Waals surface area contributed by atoms with E-state index < -0.39 is 16.1 Å². The summed E-state index contributed by atoms with van der Waals surface area (Å²) in [6, 6.07) is 20.1. The van der Waals surface area contributed by atoms with Gasteiger partial charge in [-0.2, -0.15) is 8.42 Å². The maximum Gasteiger partial charge on any atom is 0.368 e. The first-order valence-electron chi connectivity index (χ1n) is 8.90. The van der Waals surface area contributed by atoms with Crippen molar-refractivity contribution in [1.82, 2.24) is 0 Å². The van der Waals surface area contributed by atoms with E-state index >= 15 is 0 Å². The molecular formula is C22H13Br2NO5S. The van der Waals surface area contributed by atoms with Crippen LogP contribution in [0.5, 0.6) is 5.75 Å². The van der Waals surface area contributed by atoms with Gasteiger partial charge in [0.25, 0.3) is 0 Å². The number of carbonyl (C=O) groups excluding carboxylic acids is 1. The fourth-order valence-corrected chi connectivity index (χ4v) is 5.33. The molecule has 4 rings (SSSR count). The molecule has 0 bridgehead atoms. The molecule has 0 saturated heterocycles. The third kappa shape index (κ3) is 4.63. The topological polar surface area (TPSA) is 82.0 Å². The van der Waals surface area contributed by atoms with Crippen LogP contribution in [0.3, 0.4) is 0 Å². The third-order valence-corrected chi connectivity index (χ3v) is 6.59. The molecule has 1 heterocycles. The van der Waals surface area contributed by atoms with Crippen LogP contribution in [0.15, 0.2) is 97.4 Å². The van der Waals surface area contributed by atoms with E-state index in [1.807, 2.05) is 18.2 Å². The zero-order chi connectivity index (χ0) is 22.0. The van der Waals surface area contributed by atoms with Crippen LogP contribution in [-0.2, 0) is 19.8 Å². The second-order valence-electron chi connectivity index (χ2n) is 6.40. The lowest BCUT2D eigenvalue weighted by atomic mass is 10.0. The van der Waals surface area contributed by atoms with Gasteiger partial charge in [-0.3, -0.25) is 0 Å². The standard InChI is InChI=1S/C22H13Br2NO5S/c23-16-11-15(12-18-20(25-29-22(18)26)14-7-3-1-4-8-14)21(19(24)13-16)30-31(27,28)17-9-5-2-6-10-17/h1-13H/b18-12-. The summed E-state index contributed by atoms with van der Waals surface area (Å²) in [6.45, 7) is 0. The minimum Gasteiger partial charge on any atom is -0.377 e. The quantitative estimate of drug-likeness (QED) is 0.239. The predicted octanol–water partition coefficient (Wildman–Crippen LogP) is 5.32. The highest BCUT2D eigenvalue weighted by molar-refractivity contribution is 9.11. The Bertz CT molecular complexity index is 1320. The number of carbonyl (C=O) groups is 1. The first-order chi connectivity index (χ1) is 14.8. The van der Waals surface area contributed by atoms with E-state index in [0.29, 0.717) is 25.8 Å². The molecule has 6 nitrogen and oxygen atoms in total. The van der Waals surface area contributed by atoms with Crippen molar-refractivity contribution in [2.24, 2.45) is 5.16 Å². The number of hydrogen-bond acceptors (Lipinski definition) is 6. The van der Waals surface area contributed by atoms with Crippen molar-refractivity contribution in [3.63, 3.8) is 0 Å². The highest BCUT2D eigenvalue weighted by Gasteiger charge is 2.28. The van der Waals surface area contributed by atoms with Gasteiger partial charge >= 0.3 is 16.1 Å². The van der Waals surface area contributed by atoms with Crippen molar-refractivity contribution in [2.75, 3.05) is 0 Å². The van der Waals surface area contributed by atoms with Crippen LogP contribution in [-0.4, -0.2) is 20.1 Å². The van der Waals surface area contributed by atoms with Gasteiger partial charge in [-0.25, -0.2) is 4.79 Å². The van der Waals surface area contributed by atoms with Gasteiger partial charge in [0.2, 0.25) is 0 Å². The predicted molar refractivity (Wildman–Crippen MR) is 123 cm³/mol.